The smallest absolute Gasteiger partial charge is 0.307 e. The van der Waals surface area contributed by atoms with Crippen LogP contribution >= 0.6 is 0 Å². The van der Waals surface area contributed by atoms with Crippen molar-refractivity contribution in [2.24, 2.45) is 11.7 Å². The molecule has 5 heteroatoms. The van der Waals surface area contributed by atoms with Crippen LogP contribution in [0.5, 0.6) is 0 Å². The Morgan fingerprint density at radius 2 is 1.90 bits per heavy atom. The molecule has 1 aromatic carbocycles. The van der Waals surface area contributed by atoms with Gasteiger partial charge in [-0.25, -0.2) is 0 Å². The fraction of sp³-hybridized carbons (Fsp3) is 0.500. The van der Waals surface area contributed by atoms with Gasteiger partial charge in [-0.15, -0.1) is 0 Å². The zero-order valence-electron chi connectivity index (χ0n) is 12.5. The van der Waals surface area contributed by atoms with E-state index < -0.39 is 5.97 Å². The normalized spacial score (nSPS) is 11.9. The predicted molar refractivity (Wildman–Crippen MR) is 81.7 cm³/mol. The molecule has 0 aromatic heterocycles. The van der Waals surface area contributed by atoms with Gasteiger partial charge in [-0.05, 0) is 36.4 Å². The molecule has 1 aromatic rings. The number of hydrogen-bond donors (Lipinski definition) is 3. The molecule has 21 heavy (non-hydrogen) atoms. The first-order valence-corrected chi connectivity index (χ1v) is 7.28. The third-order valence-corrected chi connectivity index (χ3v) is 3.46. The highest BCUT2D eigenvalue weighted by Crippen LogP contribution is 2.11. The number of aliphatic carboxylic acids is 1. The summed E-state index contributed by atoms with van der Waals surface area (Å²) in [6.07, 6.45) is 2.19. The number of nitrogens with one attached hydrogen (secondary N) is 1. The van der Waals surface area contributed by atoms with Crippen LogP contribution in [0.4, 0.5) is 0 Å². The molecule has 4 N–H and O–H groups in total. The minimum atomic E-state index is -0.871. The summed E-state index contributed by atoms with van der Waals surface area (Å²) in [5.41, 5.74) is 7.07. The van der Waals surface area contributed by atoms with Crippen molar-refractivity contribution in [2.75, 3.05) is 6.54 Å². The van der Waals surface area contributed by atoms with E-state index in [1.807, 2.05) is 12.1 Å². The van der Waals surface area contributed by atoms with Crippen molar-refractivity contribution in [3.63, 3.8) is 0 Å². The Bertz CT molecular complexity index is 474. The number of benzene rings is 1. The molecule has 0 fully saturated rings. The standard InChI is InChI=1S/C16H24N2O3/c1-12(8-9-17)6-7-15(19)18-11-14-5-3-2-4-13(14)10-16(20)21/h2-5,12H,6-11,17H2,1H3,(H,18,19)(H,20,21). The maximum atomic E-state index is 11.8. The van der Waals surface area contributed by atoms with Crippen LogP contribution in [0.2, 0.25) is 0 Å². The van der Waals surface area contributed by atoms with E-state index in [-0.39, 0.29) is 12.3 Å². The van der Waals surface area contributed by atoms with Crippen LogP contribution in [0.1, 0.15) is 37.3 Å². The Morgan fingerprint density at radius 3 is 2.52 bits per heavy atom. The molecular weight excluding hydrogens is 268 g/mol. The van der Waals surface area contributed by atoms with Gasteiger partial charge in [0.15, 0.2) is 0 Å². The maximum Gasteiger partial charge on any atom is 0.307 e. The molecule has 1 rings (SSSR count). The van der Waals surface area contributed by atoms with Crippen LogP contribution in [-0.2, 0) is 22.6 Å². The molecule has 116 valence electrons. The van der Waals surface area contributed by atoms with Crippen molar-refractivity contribution in [1.82, 2.24) is 5.32 Å². The second kappa shape index (κ2) is 9.13. The molecule has 0 spiro atoms. The number of rotatable bonds is 9. The number of carboxylic acid groups (broad SMARTS) is 1. The van der Waals surface area contributed by atoms with Crippen LogP contribution in [0, 0.1) is 5.92 Å². The van der Waals surface area contributed by atoms with Crippen LogP contribution in [0.3, 0.4) is 0 Å². The van der Waals surface area contributed by atoms with Gasteiger partial charge in [0.05, 0.1) is 6.42 Å². The molecule has 0 bridgehead atoms. The van der Waals surface area contributed by atoms with Crippen molar-refractivity contribution in [3.8, 4) is 0 Å². The topological polar surface area (TPSA) is 92.4 Å². The molecule has 1 amide bonds. The molecule has 0 aliphatic rings. The third kappa shape index (κ3) is 6.90. The fourth-order valence-electron chi connectivity index (χ4n) is 2.15. The van der Waals surface area contributed by atoms with Crippen molar-refractivity contribution in [2.45, 2.75) is 39.2 Å². The summed E-state index contributed by atoms with van der Waals surface area (Å²) < 4.78 is 0. The van der Waals surface area contributed by atoms with E-state index in [1.165, 1.54) is 0 Å². The lowest BCUT2D eigenvalue weighted by atomic mass is 10.0. The predicted octanol–water partition coefficient (Wildman–Crippen LogP) is 1.69. The Morgan fingerprint density at radius 1 is 1.24 bits per heavy atom. The lowest BCUT2D eigenvalue weighted by molar-refractivity contribution is -0.136. The van der Waals surface area contributed by atoms with Crippen molar-refractivity contribution in [1.29, 1.82) is 0 Å². The quantitative estimate of drug-likeness (QED) is 0.646. The Balaban J connectivity index is 2.44. The molecule has 5 nitrogen and oxygen atoms in total. The minimum Gasteiger partial charge on any atom is -0.481 e. The summed E-state index contributed by atoms with van der Waals surface area (Å²) >= 11 is 0. The van der Waals surface area contributed by atoms with E-state index in [0.717, 1.165) is 24.0 Å². The zero-order valence-corrected chi connectivity index (χ0v) is 12.5. The number of carboxylic acids is 1. The number of carbonyl (C=O) groups is 2. The molecule has 1 atom stereocenters. The monoisotopic (exact) mass is 292 g/mol. The van der Waals surface area contributed by atoms with E-state index in [1.54, 1.807) is 12.1 Å². The number of carbonyl (C=O) groups excluding carboxylic acids is 1. The lowest BCUT2D eigenvalue weighted by Crippen LogP contribution is -2.24. The minimum absolute atomic E-state index is 0.0102. The van der Waals surface area contributed by atoms with Gasteiger partial charge in [0.1, 0.15) is 0 Å². The molecule has 1 unspecified atom stereocenters. The van der Waals surface area contributed by atoms with Gasteiger partial charge < -0.3 is 16.2 Å². The Kier molecular flexibility index (Phi) is 7.46. The van der Waals surface area contributed by atoms with Crippen molar-refractivity contribution < 1.29 is 14.7 Å². The molecule has 0 saturated carbocycles. The van der Waals surface area contributed by atoms with Gasteiger partial charge in [0.2, 0.25) is 5.91 Å². The first-order valence-electron chi connectivity index (χ1n) is 7.28. The summed E-state index contributed by atoms with van der Waals surface area (Å²) in [5, 5.41) is 11.7. The van der Waals surface area contributed by atoms with Gasteiger partial charge in [-0.2, -0.15) is 0 Å². The number of amides is 1. The fourth-order valence-corrected chi connectivity index (χ4v) is 2.15. The lowest BCUT2D eigenvalue weighted by Gasteiger charge is -2.11. The molecular formula is C16H24N2O3. The Labute approximate surface area is 125 Å². The first-order chi connectivity index (χ1) is 10.0. The van der Waals surface area contributed by atoms with E-state index in [2.05, 4.69) is 12.2 Å². The summed E-state index contributed by atoms with van der Waals surface area (Å²) in [6, 6.07) is 7.27. The summed E-state index contributed by atoms with van der Waals surface area (Å²) in [6.45, 7) is 3.10. The van der Waals surface area contributed by atoms with E-state index in [9.17, 15) is 9.59 Å². The van der Waals surface area contributed by atoms with E-state index >= 15 is 0 Å². The summed E-state index contributed by atoms with van der Waals surface area (Å²) in [4.78, 5) is 22.6. The third-order valence-electron chi connectivity index (χ3n) is 3.46. The zero-order chi connectivity index (χ0) is 15.7. The highest BCUT2D eigenvalue weighted by atomic mass is 16.4. The number of hydrogen-bond acceptors (Lipinski definition) is 3. The van der Waals surface area contributed by atoms with Gasteiger partial charge in [0, 0.05) is 13.0 Å². The average Bonchev–Trinajstić information content (AvgIpc) is 2.44. The summed E-state index contributed by atoms with van der Waals surface area (Å²) in [7, 11) is 0. The summed E-state index contributed by atoms with van der Waals surface area (Å²) in [5.74, 6) is -0.437. The Hall–Kier alpha value is -1.88. The van der Waals surface area contributed by atoms with Gasteiger partial charge in [0.25, 0.3) is 0 Å². The van der Waals surface area contributed by atoms with Crippen LogP contribution in [-0.4, -0.2) is 23.5 Å². The molecule has 0 saturated heterocycles. The maximum absolute atomic E-state index is 11.8. The first kappa shape index (κ1) is 17.2. The van der Waals surface area contributed by atoms with Gasteiger partial charge >= 0.3 is 5.97 Å². The largest absolute Gasteiger partial charge is 0.481 e. The SMILES string of the molecule is CC(CCN)CCC(=O)NCc1ccccc1CC(=O)O. The second-order valence-electron chi connectivity index (χ2n) is 5.34. The highest BCUT2D eigenvalue weighted by molar-refractivity contribution is 5.76. The van der Waals surface area contributed by atoms with Gasteiger partial charge in [-0.1, -0.05) is 31.2 Å². The number of nitrogens with two attached hydrogens (primary N) is 1. The molecule has 0 aliphatic carbocycles. The van der Waals surface area contributed by atoms with Crippen LogP contribution in [0.25, 0.3) is 0 Å². The molecule has 0 radical (unpaired) electrons. The molecule has 0 aliphatic heterocycles. The van der Waals surface area contributed by atoms with Crippen molar-refractivity contribution in [3.05, 3.63) is 35.4 Å². The highest BCUT2D eigenvalue weighted by Gasteiger charge is 2.09. The van der Waals surface area contributed by atoms with Crippen LogP contribution in [0.15, 0.2) is 24.3 Å². The molecule has 0 heterocycles. The van der Waals surface area contributed by atoms with Crippen LogP contribution < -0.4 is 11.1 Å². The van der Waals surface area contributed by atoms with Crippen molar-refractivity contribution >= 4 is 11.9 Å². The average molecular weight is 292 g/mol. The second-order valence-corrected chi connectivity index (χ2v) is 5.34. The van der Waals surface area contributed by atoms with E-state index in [4.69, 9.17) is 10.8 Å². The van der Waals surface area contributed by atoms with E-state index in [0.29, 0.717) is 25.4 Å². The van der Waals surface area contributed by atoms with Gasteiger partial charge in [-0.3, -0.25) is 9.59 Å².